The summed E-state index contributed by atoms with van der Waals surface area (Å²) >= 11 is 0. The number of hydrogen-bond donors (Lipinski definition) is 0. The minimum absolute atomic E-state index is 0.144. The number of hydrogen-bond acceptors (Lipinski definition) is 5. The van der Waals surface area contributed by atoms with E-state index in [4.69, 9.17) is 4.74 Å². The fraction of sp³-hybridized carbons (Fsp3) is 0.538. The number of fused-ring (bicyclic) bond motifs is 1. The first kappa shape index (κ1) is 13.9. The van der Waals surface area contributed by atoms with Gasteiger partial charge in [0.2, 0.25) is 0 Å². The molecule has 0 N–H and O–H groups in total. The van der Waals surface area contributed by atoms with E-state index in [1.54, 1.807) is 6.92 Å². The number of ether oxygens (including phenoxy) is 1. The lowest BCUT2D eigenvalue weighted by Crippen LogP contribution is -2.19. The van der Waals surface area contributed by atoms with Crippen molar-refractivity contribution in [2.75, 3.05) is 0 Å². The Bertz CT molecular complexity index is 689. The molecule has 0 unspecified atom stereocenters. The standard InChI is InChI=1S/C13H15FN4O3/c1-3-9-7(2)10(14)13(21-9)17-6-16-11-8(18(19)20)4-5-15-12(11)17/h4-7,9-10,13H,3H2,1-2H3/t7-,9-,10+,13-/m1/s1. The van der Waals surface area contributed by atoms with E-state index in [0.717, 1.165) is 0 Å². The van der Waals surface area contributed by atoms with Crippen LogP contribution in [0, 0.1) is 16.0 Å². The molecule has 1 aliphatic rings. The molecule has 0 aliphatic carbocycles. The summed E-state index contributed by atoms with van der Waals surface area (Å²) in [5.74, 6) is -0.240. The maximum atomic E-state index is 14.4. The highest BCUT2D eigenvalue weighted by Gasteiger charge is 2.43. The second-order valence-corrected chi connectivity index (χ2v) is 5.19. The summed E-state index contributed by atoms with van der Waals surface area (Å²) in [7, 11) is 0. The summed E-state index contributed by atoms with van der Waals surface area (Å²) in [6.07, 6.45) is 1.16. The van der Waals surface area contributed by atoms with E-state index in [1.807, 2.05) is 6.92 Å². The zero-order valence-corrected chi connectivity index (χ0v) is 11.6. The molecule has 2 aromatic rings. The molecule has 3 rings (SSSR count). The first-order chi connectivity index (χ1) is 10.0. The molecule has 0 radical (unpaired) electrons. The minimum atomic E-state index is -1.20. The van der Waals surface area contributed by atoms with Crippen molar-refractivity contribution in [3.05, 3.63) is 28.7 Å². The van der Waals surface area contributed by atoms with Crippen LogP contribution in [0.15, 0.2) is 18.6 Å². The van der Waals surface area contributed by atoms with E-state index in [9.17, 15) is 14.5 Å². The predicted octanol–water partition coefficient (Wildman–Crippen LogP) is 2.62. The third-order valence-corrected chi connectivity index (χ3v) is 3.99. The summed E-state index contributed by atoms with van der Waals surface area (Å²) in [5, 5.41) is 11.0. The van der Waals surface area contributed by atoms with Crippen molar-refractivity contribution in [2.45, 2.75) is 38.8 Å². The molecule has 0 amide bonds. The summed E-state index contributed by atoms with van der Waals surface area (Å²) in [5.41, 5.74) is 0.263. The van der Waals surface area contributed by atoms with Crippen LogP contribution in [0.3, 0.4) is 0 Å². The Balaban J connectivity index is 2.06. The SMILES string of the molecule is CC[C@H]1O[C@@H](n2cnc3c([N+](=O)[O-])ccnc32)[C@@H](F)[C@@H]1C. The number of halogens is 1. The Morgan fingerprint density at radius 3 is 2.90 bits per heavy atom. The first-order valence-electron chi connectivity index (χ1n) is 6.80. The first-order valence-corrected chi connectivity index (χ1v) is 6.80. The fourth-order valence-corrected chi connectivity index (χ4v) is 2.78. The molecule has 8 heteroatoms. The number of alkyl halides is 1. The Labute approximate surface area is 119 Å². The van der Waals surface area contributed by atoms with Gasteiger partial charge in [-0.1, -0.05) is 13.8 Å². The summed E-state index contributed by atoms with van der Waals surface area (Å²) < 4.78 is 21.6. The van der Waals surface area contributed by atoms with Crippen LogP contribution in [-0.4, -0.2) is 31.7 Å². The normalized spacial score (nSPS) is 29.1. The Morgan fingerprint density at radius 1 is 1.52 bits per heavy atom. The van der Waals surface area contributed by atoms with E-state index in [0.29, 0.717) is 6.42 Å². The zero-order chi connectivity index (χ0) is 15.1. The molecular weight excluding hydrogens is 279 g/mol. The smallest absolute Gasteiger partial charge is 0.300 e. The number of pyridine rings is 1. The molecule has 1 aliphatic heterocycles. The van der Waals surface area contributed by atoms with E-state index in [2.05, 4.69) is 9.97 Å². The molecule has 112 valence electrons. The van der Waals surface area contributed by atoms with Gasteiger partial charge in [0.1, 0.15) is 0 Å². The van der Waals surface area contributed by atoms with Gasteiger partial charge >= 0.3 is 0 Å². The van der Waals surface area contributed by atoms with Crippen LogP contribution in [0.5, 0.6) is 0 Å². The largest absolute Gasteiger partial charge is 0.351 e. The van der Waals surface area contributed by atoms with Gasteiger partial charge in [-0.05, 0) is 6.42 Å². The van der Waals surface area contributed by atoms with Crippen LogP contribution in [0.25, 0.3) is 11.2 Å². The van der Waals surface area contributed by atoms with Crippen LogP contribution in [0.1, 0.15) is 26.5 Å². The van der Waals surface area contributed by atoms with Crippen LogP contribution in [0.2, 0.25) is 0 Å². The molecule has 4 atom stereocenters. The number of rotatable bonds is 3. The second-order valence-electron chi connectivity index (χ2n) is 5.19. The topological polar surface area (TPSA) is 83.1 Å². The van der Waals surface area contributed by atoms with Gasteiger partial charge in [-0.15, -0.1) is 0 Å². The maximum absolute atomic E-state index is 14.4. The lowest BCUT2D eigenvalue weighted by atomic mass is 10.00. The van der Waals surface area contributed by atoms with Gasteiger partial charge < -0.3 is 4.74 Å². The molecule has 0 saturated carbocycles. The minimum Gasteiger partial charge on any atom is -0.351 e. The third kappa shape index (κ3) is 2.06. The van der Waals surface area contributed by atoms with Crippen molar-refractivity contribution in [3.63, 3.8) is 0 Å². The van der Waals surface area contributed by atoms with Gasteiger partial charge in [0.25, 0.3) is 5.69 Å². The lowest BCUT2D eigenvalue weighted by Gasteiger charge is -2.15. The van der Waals surface area contributed by atoms with Crippen LogP contribution in [-0.2, 0) is 4.74 Å². The zero-order valence-electron chi connectivity index (χ0n) is 11.6. The molecular formula is C13H15FN4O3. The third-order valence-electron chi connectivity index (χ3n) is 3.99. The molecule has 7 nitrogen and oxygen atoms in total. The van der Waals surface area contributed by atoms with E-state index in [-0.39, 0.29) is 28.9 Å². The number of nitrogens with zero attached hydrogens (tertiary/aromatic N) is 4. The molecule has 0 bridgehead atoms. The van der Waals surface area contributed by atoms with E-state index >= 15 is 0 Å². The second kappa shape index (κ2) is 5.03. The van der Waals surface area contributed by atoms with Crippen molar-refractivity contribution in [3.8, 4) is 0 Å². The van der Waals surface area contributed by atoms with Crippen LogP contribution in [0.4, 0.5) is 10.1 Å². The Kier molecular flexibility index (Phi) is 3.32. The van der Waals surface area contributed by atoms with Gasteiger partial charge in [-0.3, -0.25) is 14.7 Å². The molecule has 0 spiro atoms. The van der Waals surface area contributed by atoms with E-state index in [1.165, 1.54) is 23.2 Å². The molecule has 2 aromatic heterocycles. The maximum Gasteiger partial charge on any atom is 0.300 e. The van der Waals surface area contributed by atoms with Crippen LogP contribution < -0.4 is 0 Å². The number of aromatic nitrogens is 3. The van der Waals surface area contributed by atoms with Crippen molar-refractivity contribution in [1.82, 2.24) is 14.5 Å². The monoisotopic (exact) mass is 294 g/mol. The fourth-order valence-electron chi connectivity index (χ4n) is 2.78. The molecule has 0 aromatic carbocycles. The Morgan fingerprint density at radius 2 is 2.29 bits per heavy atom. The number of nitro groups is 1. The van der Waals surface area contributed by atoms with Crippen molar-refractivity contribution >= 4 is 16.9 Å². The van der Waals surface area contributed by atoms with Gasteiger partial charge in [-0.2, -0.15) is 0 Å². The quantitative estimate of drug-likeness (QED) is 0.642. The summed E-state index contributed by atoms with van der Waals surface area (Å²) in [6.45, 7) is 3.74. The van der Waals surface area contributed by atoms with Gasteiger partial charge in [0.05, 0.1) is 17.4 Å². The molecule has 21 heavy (non-hydrogen) atoms. The summed E-state index contributed by atoms with van der Waals surface area (Å²) in [6, 6.07) is 1.28. The average molecular weight is 294 g/mol. The Hall–Kier alpha value is -2.09. The van der Waals surface area contributed by atoms with Gasteiger partial charge in [0, 0.05) is 18.2 Å². The lowest BCUT2D eigenvalue weighted by molar-refractivity contribution is -0.383. The molecule has 1 fully saturated rings. The predicted molar refractivity (Wildman–Crippen MR) is 72.4 cm³/mol. The van der Waals surface area contributed by atoms with Crippen LogP contribution >= 0.6 is 0 Å². The number of imidazole rings is 1. The van der Waals surface area contributed by atoms with Crippen molar-refractivity contribution < 1.29 is 14.1 Å². The van der Waals surface area contributed by atoms with E-state index < -0.39 is 17.3 Å². The molecule has 3 heterocycles. The van der Waals surface area contributed by atoms with Gasteiger partial charge in [0.15, 0.2) is 23.6 Å². The average Bonchev–Trinajstić information content (AvgIpc) is 3.01. The highest BCUT2D eigenvalue weighted by Crippen LogP contribution is 2.39. The van der Waals surface area contributed by atoms with Crippen molar-refractivity contribution in [1.29, 1.82) is 0 Å². The molecule has 1 saturated heterocycles. The van der Waals surface area contributed by atoms with Gasteiger partial charge in [-0.25, -0.2) is 14.4 Å². The summed E-state index contributed by atoms with van der Waals surface area (Å²) in [4.78, 5) is 18.6. The highest BCUT2D eigenvalue weighted by atomic mass is 19.1. The van der Waals surface area contributed by atoms with Crippen molar-refractivity contribution in [2.24, 2.45) is 5.92 Å². The highest BCUT2D eigenvalue weighted by molar-refractivity contribution is 5.81.